The molecule has 2 rings (SSSR count). The average Bonchev–Trinajstić information content (AvgIpc) is 3.14. The Morgan fingerprint density at radius 3 is 2.41 bits per heavy atom. The Kier molecular flexibility index (Phi) is 9.93. The fourth-order valence-corrected chi connectivity index (χ4v) is 4.33. The van der Waals surface area contributed by atoms with E-state index in [-0.39, 0.29) is 47.2 Å². The van der Waals surface area contributed by atoms with Gasteiger partial charge in [-0.1, -0.05) is 37.0 Å². The van der Waals surface area contributed by atoms with Crippen molar-refractivity contribution >= 4 is 57.4 Å². The van der Waals surface area contributed by atoms with Gasteiger partial charge in [0, 0.05) is 30.0 Å². The van der Waals surface area contributed by atoms with E-state index in [9.17, 15) is 14.4 Å². The van der Waals surface area contributed by atoms with Gasteiger partial charge in [-0.2, -0.15) is 0 Å². The third kappa shape index (κ3) is 7.46. The van der Waals surface area contributed by atoms with Crippen molar-refractivity contribution in [1.29, 1.82) is 0 Å². The van der Waals surface area contributed by atoms with Crippen LogP contribution in [0.15, 0.2) is 23.6 Å². The quantitative estimate of drug-likeness (QED) is 0.518. The van der Waals surface area contributed by atoms with E-state index in [2.05, 4.69) is 10.3 Å². The van der Waals surface area contributed by atoms with E-state index < -0.39 is 0 Å². The molecule has 7 nitrogen and oxygen atoms in total. The summed E-state index contributed by atoms with van der Waals surface area (Å²) in [6.07, 6.45) is 0.182. The van der Waals surface area contributed by atoms with Gasteiger partial charge in [-0.15, -0.1) is 11.3 Å². The summed E-state index contributed by atoms with van der Waals surface area (Å²) in [6.45, 7) is 9.28. The summed E-state index contributed by atoms with van der Waals surface area (Å²) in [5.74, 6) is -0.581. The molecule has 0 aliphatic rings. The number of nitrogens with one attached hydrogen (secondary N) is 1. The second-order valence-corrected chi connectivity index (χ2v) is 9.34. The first-order chi connectivity index (χ1) is 15.1. The molecule has 1 N–H and O–H groups in total. The number of likely N-dealkylation sites (N-methyl/N-ethyl adjacent to an activating group) is 1. The summed E-state index contributed by atoms with van der Waals surface area (Å²) in [5.41, 5.74) is 0.890. The zero-order valence-corrected chi connectivity index (χ0v) is 21.0. The number of aromatic nitrogens is 1. The monoisotopic (exact) mass is 498 g/mol. The van der Waals surface area contributed by atoms with Gasteiger partial charge in [0.25, 0.3) is 5.91 Å². The SMILES string of the molecule is CCN(CC)C(=O)Cc1csc(NC(=O)CN(CC(C)C)C(=O)c2ccc(Cl)cc2Cl)n1. The number of nitrogens with zero attached hydrogens (tertiary/aromatic N) is 3. The molecule has 32 heavy (non-hydrogen) atoms. The highest BCUT2D eigenvalue weighted by molar-refractivity contribution is 7.13. The first-order valence-electron chi connectivity index (χ1n) is 10.4. The van der Waals surface area contributed by atoms with Crippen LogP contribution in [0.25, 0.3) is 0 Å². The van der Waals surface area contributed by atoms with E-state index in [0.29, 0.717) is 35.5 Å². The van der Waals surface area contributed by atoms with Crippen molar-refractivity contribution in [3.05, 3.63) is 44.9 Å². The molecule has 2 aromatic rings. The van der Waals surface area contributed by atoms with Crippen molar-refractivity contribution in [2.45, 2.75) is 34.1 Å². The van der Waals surface area contributed by atoms with Gasteiger partial charge in [0.1, 0.15) is 6.54 Å². The number of rotatable bonds is 10. The lowest BCUT2D eigenvalue weighted by Gasteiger charge is -2.24. The number of anilines is 1. The lowest BCUT2D eigenvalue weighted by molar-refractivity contribution is -0.130. The molecular weight excluding hydrogens is 471 g/mol. The summed E-state index contributed by atoms with van der Waals surface area (Å²) in [4.78, 5) is 45.4. The largest absolute Gasteiger partial charge is 0.343 e. The van der Waals surface area contributed by atoms with Gasteiger partial charge in [0.15, 0.2) is 5.13 Å². The molecular formula is C22H28Cl2N4O3S. The number of benzene rings is 1. The number of thiazole rings is 1. The first kappa shape index (κ1) is 26.1. The Labute approximate surface area is 202 Å². The molecule has 1 aromatic carbocycles. The molecule has 1 heterocycles. The molecule has 0 saturated carbocycles. The second kappa shape index (κ2) is 12.2. The molecule has 0 atom stereocenters. The standard InChI is InChI=1S/C22H28Cl2N4O3S/c1-5-27(6-2)20(30)10-16-13-32-22(25-16)26-19(29)12-28(11-14(3)4)21(31)17-8-7-15(23)9-18(17)24/h7-9,13-14H,5-6,10-12H2,1-4H3,(H,25,26,29). The van der Waals surface area contributed by atoms with E-state index in [1.54, 1.807) is 22.4 Å². The summed E-state index contributed by atoms with van der Waals surface area (Å²) >= 11 is 13.4. The molecule has 1 aromatic heterocycles. The number of hydrogen-bond donors (Lipinski definition) is 1. The van der Waals surface area contributed by atoms with E-state index >= 15 is 0 Å². The van der Waals surface area contributed by atoms with E-state index in [0.717, 1.165) is 0 Å². The topological polar surface area (TPSA) is 82.6 Å². The first-order valence-corrected chi connectivity index (χ1v) is 12.0. The zero-order chi connectivity index (χ0) is 23.8. The molecule has 0 spiro atoms. The number of halogens is 2. The summed E-state index contributed by atoms with van der Waals surface area (Å²) in [7, 11) is 0. The van der Waals surface area contributed by atoms with Crippen LogP contribution in [0, 0.1) is 5.92 Å². The highest BCUT2D eigenvalue weighted by Gasteiger charge is 2.23. The third-order valence-corrected chi connectivity index (χ3v) is 5.97. The van der Waals surface area contributed by atoms with Crippen molar-refractivity contribution < 1.29 is 14.4 Å². The lowest BCUT2D eigenvalue weighted by atomic mass is 10.1. The van der Waals surface area contributed by atoms with Crippen LogP contribution >= 0.6 is 34.5 Å². The Morgan fingerprint density at radius 1 is 1.12 bits per heavy atom. The van der Waals surface area contributed by atoms with Crippen LogP contribution in [-0.4, -0.2) is 58.7 Å². The highest BCUT2D eigenvalue weighted by Crippen LogP contribution is 2.23. The van der Waals surface area contributed by atoms with Gasteiger partial charge >= 0.3 is 0 Å². The molecule has 0 radical (unpaired) electrons. The van der Waals surface area contributed by atoms with Gasteiger partial charge in [0.05, 0.1) is 22.7 Å². The number of carbonyl (C=O) groups is 3. The Bertz CT molecular complexity index is 960. The van der Waals surface area contributed by atoms with Crippen LogP contribution in [0.2, 0.25) is 10.0 Å². The van der Waals surface area contributed by atoms with Crippen LogP contribution < -0.4 is 5.32 Å². The van der Waals surface area contributed by atoms with Crippen molar-refractivity contribution in [2.24, 2.45) is 5.92 Å². The number of amides is 3. The summed E-state index contributed by atoms with van der Waals surface area (Å²) < 4.78 is 0. The average molecular weight is 499 g/mol. The molecule has 3 amide bonds. The molecule has 0 bridgehead atoms. The Morgan fingerprint density at radius 2 is 1.81 bits per heavy atom. The number of hydrogen-bond acceptors (Lipinski definition) is 5. The van der Waals surface area contributed by atoms with Crippen LogP contribution in [0.5, 0.6) is 0 Å². The maximum absolute atomic E-state index is 13.0. The van der Waals surface area contributed by atoms with Gasteiger partial charge in [-0.3, -0.25) is 14.4 Å². The van der Waals surface area contributed by atoms with Crippen molar-refractivity contribution in [2.75, 3.05) is 31.5 Å². The van der Waals surface area contributed by atoms with Crippen LogP contribution in [0.1, 0.15) is 43.7 Å². The maximum Gasteiger partial charge on any atom is 0.255 e. The van der Waals surface area contributed by atoms with Crippen LogP contribution in [0.3, 0.4) is 0 Å². The van der Waals surface area contributed by atoms with E-state index in [1.807, 2.05) is 27.7 Å². The smallest absolute Gasteiger partial charge is 0.255 e. The van der Waals surface area contributed by atoms with Crippen LogP contribution in [-0.2, 0) is 16.0 Å². The van der Waals surface area contributed by atoms with Crippen LogP contribution in [0.4, 0.5) is 5.13 Å². The molecule has 0 saturated heterocycles. The third-order valence-electron chi connectivity index (χ3n) is 4.62. The Hall–Kier alpha value is -2.16. The van der Waals surface area contributed by atoms with Crippen molar-refractivity contribution in [3.63, 3.8) is 0 Å². The second-order valence-electron chi connectivity index (χ2n) is 7.64. The van der Waals surface area contributed by atoms with Gasteiger partial charge in [-0.25, -0.2) is 4.98 Å². The molecule has 0 unspecified atom stereocenters. The summed E-state index contributed by atoms with van der Waals surface area (Å²) in [6, 6.07) is 4.64. The molecule has 0 aliphatic heterocycles. The predicted octanol–water partition coefficient (Wildman–Crippen LogP) is 4.60. The highest BCUT2D eigenvalue weighted by atomic mass is 35.5. The fraction of sp³-hybridized carbons (Fsp3) is 0.455. The summed E-state index contributed by atoms with van der Waals surface area (Å²) in [5, 5.41) is 5.53. The lowest BCUT2D eigenvalue weighted by Crippen LogP contribution is -2.40. The molecule has 174 valence electrons. The van der Waals surface area contributed by atoms with E-state index in [4.69, 9.17) is 23.2 Å². The maximum atomic E-state index is 13.0. The normalized spacial score (nSPS) is 10.8. The van der Waals surface area contributed by atoms with Gasteiger partial charge in [0.2, 0.25) is 11.8 Å². The van der Waals surface area contributed by atoms with Crippen molar-refractivity contribution in [1.82, 2.24) is 14.8 Å². The zero-order valence-electron chi connectivity index (χ0n) is 18.7. The Balaban J connectivity index is 2.05. The van der Waals surface area contributed by atoms with E-state index in [1.165, 1.54) is 22.3 Å². The molecule has 0 fully saturated rings. The predicted molar refractivity (Wildman–Crippen MR) is 130 cm³/mol. The minimum Gasteiger partial charge on any atom is -0.343 e. The van der Waals surface area contributed by atoms with Crippen molar-refractivity contribution in [3.8, 4) is 0 Å². The minimum atomic E-state index is -0.375. The van der Waals surface area contributed by atoms with Gasteiger partial charge < -0.3 is 15.1 Å². The minimum absolute atomic E-state index is 0.00766. The molecule has 10 heteroatoms. The van der Waals surface area contributed by atoms with Gasteiger partial charge in [-0.05, 0) is 38.0 Å². The molecule has 0 aliphatic carbocycles. The fourth-order valence-electron chi connectivity index (χ4n) is 3.11. The number of carbonyl (C=O) groups excluding carboxylic acids is 3.